The van der Waals surface area contributed by atoms with E-state index in [4.69, 9.17) is 10.6 Å². The molecular weight excluding hydrogens is 232 g/mol. The number of nitrogen functional groups attached to an aromatic ring is 1. The number of hydrogen-bond acceptors (Lipinski definition) is 7. The second kappa shape index (κ2) is 7.80. The molecule has 0 unspecified atom stereocenters. The van der Waals surface area contributed by atoms with E-state index in [9.17, 15) is 0 Å². The molecular formula is C11H22N6O. The van der Waals surface area contributed by atoms with Crippen LogP contribution in [0.2, 0.25) is 0 Å². The third-order valence-electron chi connectivity index (χ3n) is 2.28. The highest BCUT2D eigenvalue weighted by molar-refractivity contribution is 5.46. The van der Waals surface area contributed by atoms with Crippen LogP contribution >= 0.6 is 0 Å². The quantitative estimate of drug-likeness (QED) is 0.348. The van der Waals surface area contributed by atoms with Crippen LogP contribution in [0.4, 0.5) is 11.6 Å². The summed E-state index contributed by atoms with van der Waals surface area (Å²) in [6.45, 7) is 2.25. The van der Waals surface area contributed by atoms with E-state index in [1.165, 1.54) is 0 Å². The first-order chi connectivity index (χ1) is 8.65. The molecule has 0 aliphatic rings. The lowest BCUT2D eigenvalue weighted by atomic mass is 10.4. The minimum atomic E-state index is 0.363. The molecule has 0 bridgehead atoms. The Kier molecular flexibility index (Phi) is 6.34. The first-order valence-corrected chi connectivity index (χ1v) is 5.88. The molecule has 1 heterocycles. The normalized spacial score (nSPS) is 10.7. The Morgan fingerprint density at radius 2 is 2.06 bits per heavy atom. The highest BCUT2D eigenvalue weighted by Gasteiger charge is 2.03. The van der Waals surface area contributed by atoms with Gasteiger partial charge in [0.15, 0.2) is 5.82 Å². The van der Waals surface area contributed by atoms with E-state index in [1.54, 1.807) is 13.2 Å². The van der Waals surface area contributed by atoms with Gasteiger partial charge in [-0.1, -0.05) is 0 Å². The van der Waals surface area contributed by atoms with Crippen LogP contribution in [0.3, 0.4) is 0 Å². The standard InChI is InChI=1S/C11H22N6O/c1-17(2)6-4-5-13-9-7-10(16-12)15-11(14-9)8-18-3/h7H,4-6,8,12H2,1-3H3,(H2,13,14,15,16). The van der Waals surface area contributed by atoms with Crippen molar-refractivity contribution in [2.24, 2.45) is 5.84 Å². The Morgan fingerprint density at radius 3 is 2.67 bits per heavy atom. The van der Waals surface area contributed by atoms with E-state index < -0.39 is 0 Å². The lowest BCUT2D eigenvalue weighted by Gasteiger charge is -2.11. The number of aromatic nitrogens is 2. The van der Waals surface area contributed by atoms with Crippen molar-refractivity contribution in [3.63, 3.8) is 0 Å². The maximum Gasteiger partial charge on any atom is 0.158 e. The molecule has 1 aromatic rings. The van der Waals surface area contributed by atoms with Gasteiger partial charge < -0.3 is 20.4 Å². The van der Waals surface area contributed by atoms with E-state index in [0.29, 0.717) is 18.2 Å². The SMILES string of the molecule is COCc1nc(NN)cc(NCCCN(C)C)n1. The van der Waals surface area contributed by atoms with Gasteiger partial charge >= 0.3 is 0 Å². The Bertz CT molecular complexity index is 357. The minimum absolute atomic E-state index is 0.363. The van der Waals surface area contributed by atoms with Crippen molar-refractivity contribution < 1.29 is 4.74 Å². The van der Waals surface area contributed by atoms with Gasteiger partial charge in [-0.25, -0.2) is 15.8 Å². The highest BCUT2D eigenvalue weighted by atomic mass is 16.5. The Labute approximate surface area is 108 Å². The van der Waals surface area contributed by atoms with Crippen LogP contribution in [0.25, 0.3) is 0 Å². The molecule has 0 spiro atoms. The van der Waals surface area contributed by atoms with E-state index in [2.05, 4.69) is 39.7 Å². The summed E-state index contributed by atoms with van der Waals surface area (Å²) >= 11 is 0. The Morgan fingerprint density at radius 1 is 1.33 bits per heavy atom. The number of hydrazine groups is 1. The number of methoxy groups -OCH3 is 1. The summed E-state index contributed by atoms with van der Waals surface area (Å²) in [4.78, 5) is 10.7. The molecule has 0 fully saturated rings. The maximum atomic E-state index is 5.36. The van der Waals surface area contributed by atoms with Crippen molar-refractivity contribution in [3.05, 3.63) is 11.9 Å². The second-order valence-corrected chi connectivity index (χ2v) is 4.22. The fourth-order valence-electron chi connectivity index (χ4n) is 1.47. The molecule has 0 saturated carbocycles. The number of nitrogens with one attached hydrogen (secondary N) is 2. The highest BCUT2D eigenvalue weighted by Crippen LogP contribution is 2.10. The van der Waals surface area contributed by atoms with Crippen molar-refractivity contribution >= 4 is 11.6 Å². The molecule has 7 nitrogen and oxygen atoms in total. The summed E-state index contributed by atoms with van der Waals surface area (Å²) in [6, 6.07) is 1.77. The summed E-state index contributed by atoms with van der Waals surface area (Å²) in [5.41, 5.74) is 2.52. The fraction of sp³-hybridized carbons (Fsp3) is 0.636. The molecule has 0 amide bonds. The van der Waals surface area contributed by atoms with Gasteiger partial charge in [0, 0.05) is 19.7 Å². The van der Waals surface area contributed by atoms with Crippen LogP contribution in [0.15, 0.2) is 6.07 Å². The molecule has 18 heavy (non-hydrogen) atoms. The number of nitrogens with two attached hydrogens (primary N) is 1. The van der Waals surface area contributed by atoms with Crippen LogP contribution in [-0.4, -0.2) is 49.2 Å². The van der Waals surface area contributed by atoms with Gasteiger partial charge in [0.1, 0.15) is 18.2 Å². The predicted octanol–water partition coefficient (Wildman–Crippen LogP) is 0.272. The van der Waals surface area contributed by atoms with Gasteiger partial charge in [-0.3, -0.25) is 0 Å². The topological polar surface area (TPSA) is 88.3 Å². The van der Waals surface area contributed by atoms with Crippen LogP contribution in [0.5, 0.6) is 0 Å². The molecule has 1 rings (SSSR count). The van der Waals surface area contributed by atoms with E-state index in [1.807, 2.05) is 0 Å². The zero-order valence-electron chi connectivity index (χ0n) is 11.2. The summed E-state index contributed by atoms with van der Waals surface area (Å²) in [7, 11) is 5.71. The minimum Gasteiger partial charge on any atom is -0.377 e. The second-order valence-electron chi connectivity index (χ2n) is 4.22. The predicted molar refractivity (Wildman–Crippen MR) is 72.2 cm³/mol. The van der Waals surface area contributed by atoms with Gasteiger partial charge in [-0.2, -0.15) is 0 Å². The molecule has 1 aromatic heterocycles. The fourth-order valence-corrected chi connectivity index (χ4v) is 1.47. The van der Waals surface area contributed by atoms with Gasteiger partial charge in [-0.15, -0.1) is 0 Å². The lowest BCUT2D eigenvalue weighted by molar-refractivity contribution is 0.178. The monoisotopic (exact) mass is 254 g/mol. The first kappa shape index (κ1) is 14.6. The molecule has 0 aromatic carbocycles. The molecule has 0 radical (unpaired) electrons. The zero-order valence-corrected chi connectivity index (χ0v) is 11.2. The maximum absolute atomic E-state index is 5.36. The van der Waals surface area contributed by atoms with E-state index >= 15 is 0 Å². The van der Waals surface area contributed by atoms with Gasteiger partial charge in [0.25, 0.3) is 0 Å². The molecule has 102 valence electrons. The smallest absolute Gasteiger partial charge is 0.158 e. The number of ether oxygens (including phenoxy) is 1. The van der Waals surface area contributed by atoms with Crippen LogP contribution in [0, 0.1) is 0 Å². The van der Waals surface area contributed by atoms with E-state index in [0.717, 1.165) is 25.3 Å². The molecule has 0 aliphatic carbocycles. The third-order valence-corrected chi connectivity index (χ3v) is 2.28. The van der Waals surface area contributed by atoms with E-state index in [-0.39, 0.29) is 0 Å². The summed E-state index contributed by atoms with van der Waals surface area (Å²) in [5.74, 6) is 7.29. The van der Waals surface area contributed by atoms with Crippen LogP contribution in [-0.2, 0) is 11.3 Å². The number of rotatable bonds is 8. The van der Waals surface area contributed by atoms with Crippen molar-refractivity contribution in [3.8, 4) is 0 Å². The number of nitrogens with zero attached hydrogens (tertiary/aromatic N) is 3. The van der Waals surface area contributed by atoms with Gasteiger partial charge in [0.2, 0.25) is 0 Å². The van der Waals surface area contributed by atoms with Gasteiger partial charge in [0.05, 0.1) is 0 Å². The van der Waals surface area contributed by atoms with Crippen molar-refractivity contribution in [2.45, 2.75) is 13.0 Å². The zero-order chi connectivity index (χ0) is 13.4. The molecule has 4 N–H and O–H groups in total. The summed E-state index contributed by atoms with van der Waals surface area (Å²) in [6.07, 6.45) is 1.04. The third kappa shape index (κ3) is 5.26. The van der Waals surface area contributed by atoms with Crippen molar-refractivity contribution in [2.75, 3.05) is 45.0 Å². The molecule has 0 atom stereocenters. The summed E-state index contributed by atoms with van der Waals surface area (Å²) in [5, 5.41) is 3.24. The van der Waals surface area contributed by atoms with Crippen molar-refractivity contribution in [1.82, 2.24) is 14.9 Å². The van der Waals surface area contributed by atoms with Crippen LogP contribution < -0.4 is 16.6 Å². The number of anilines is 2. The first-order valence-electron chi connectivity index (χ1n) is 5.88. The van der Waals surface area contributed by atoms with Crippen molar-refractivity contribution in [1.29, 1.82) is 0 Å². The van der Waals surface area contributed by atoms with Crippen LogP contribution in [0.1, 0.15) is 12.2 Å². The lowest BCUT2D eigenvalue weighted by Crippen LogP contribution is -2.17. The Hall–Kier alpha value is -1.44. The largest absolute Gasteiger partial charge is 0.377 e. The average molecular weight is 254 g/mol. The van der Waals surface area contributed by atoms with Gasteiger partial charge in [-0.05, 0) is 27.1 Å². The summed E-state index contributed by atoms with van der Waals surface area (Å²) < 4.78 is 5.01. The molecule has 0 aliphatic heterocycles. The molecule has 0 saturated heterocycles. The average Bonchev–Trinajstić information content (AvgIpc) is 2.34. The number of hydrogen-bond donors (Lipinski definition) is 3. The molecule has 7 heteroatoms. The Balaban J connectivity index is 2.55.